The van der Waals surface area contributed by atoms with Gasteiger partial charge in [-0.15, -0.1) is 0 Å². The number of halogens is 1. The van der Waals surface area contributed by atoms with Gasteiger partial charge in [-0.1, -0.05) is 0 Å². The van der Waals surface area contributed by atoms with Gasteiger partial charge in [-0.25, -0.2) is 4.79 Å². The van der Waals surface area contributed by atoms with Crippen LogP contribution < -0.4 is 5.56 Å². The number of carbonyl (C=O) groups is 1. The number of aryl methyl sites for hydroxylation is 1. The first-order valence-electron chi connectivity index (χ1n) is 3.12. The second-order valence-electron chi connectivity index (χ2n) is 2.29. The minimum Gasteiger partial charge on any atom is -0.477 e. The van der Waals surface area contributed by atoms with Crippen molar-refractivity contribution in [3.05, 3.63) is 32.7 Å². The van der Waals surface area contributed by atoms with Gasteiger partial charge >= 0.3 is 5.97 Å². The van der Waals surface area contributed by atoms with Crippen LogP contribution in [-0.2, 0) is 7.05 Å². The van der Waals surface area contributed by atoms with E-state index in [2.05, 4.69) is 15.9 Å². The van der Waals surface area contributed by atoms with Gasteiger partial charge < -0.3 is 9.67 Å². The van der Waals surface area contributed by atoms with Gasteiger partial charge in [-0.2, -0.15) is 0 Å². The van der Waals surface area contributed by atoms with E-state index in [-0.39, 0.29) is 5.56 Å². The van der Waals surface area contributed by atoms with Crippen molar-refractivity contribution in [1.82, 2.24) is 4.57 Å². The number of pyridine rings is 1. The molecule has 1 N–H and O–H groups in total. The molecule has 0 bridgehead atoms. The van der Waals surface area contributed by atoms with E-state index in [0.717, 1.165) is 0 Å². The number of aromatic nitrogens is 1. The fraction of sp³-hybridized carbons (Fsp3) is 0.143. The normalized spacial score (nSPS) is 9.83. The zero-order chi connectivity index (χ0) is 9.30. The van der Waals surface area contributed by atoms with Crippen molar-refractivity contribution >= 4 is 21.9 Å². The highest BCUT2D eigenvalue weighted by Gasteiger charge is 2.09. The fourth-order valence-corrected chi connectivity index (χ4v) is 1.36. The molecule has 0 atom stereocenters. The van der Waals surface area contributed by atoms with E-state index >= 15 is 0 Å². The maximum absolute atomic E-state index is 11.1. The number of carboxylic acid groups (broad SMARTS) is 1. The molecule has 0 amide bonds. The third-order valence-corrected chi connectivity index (χ3v) is 1.81. The van der Waals surface area contributed by atoms with Crippen LogP contribution in [0.1, 0.15) is 10.4 Å². The van der Waals surface area contributed by atoms with Crippen molar-refractivity contribution < 1.29 is 9.90 Å². The van der Waals surface area contributed by atoms with E-state index in [1.807, 2.05) is 0 Å². The lowest BCUT2D eigenvalue weighted by Gasteiger charge is -1.99. The quantitative estimate of drug-likeness (QED) is 0.780. The van der Waals surface area contributed by atoms with Gasteiger partial charge in [0.1, 0.15) is 5.56 Å². The van der Waals surface area contributed by atoms with Crippen LogP contribution in [0.25, 0.3) is 0 Å². The minimum absolute atomic E-state index is 0.230. The molecule has 0 spiro atoms. The molecule has 0 fully saturated rings. The Kier molecular flexibility index (Phi) is 2.32. The smallest absolute Gasteiger partial charge is 0.341 e. The summed E-state index contributed by atoms with van der Waals surface area (Å²) in [5.41, 5.74) is -0.738. The predicted octanol–water partition coefficient (Wildman–Crippen LogP) is 0.846. The van der Waals surface area contributed by atoms with Crippen molar-refractivity contribution in [2.24, 2.45) is 7.05 Å². The highest BCUT2D eigenvalue weighted by atomic mass is 79.9. The van der Waals surface area contributed by atoms with Crippen LogP contribution >= 0.6 is 15.9 Å². The molecule has 0 saturated heterocycles. The average Bonchev–Trinajstić information content (AvgIpc) is 1.96. The zero-order valence-electron chi connectivity index (χ0n) is 6.24. The molecule has 0 aliphatic carbocycles. The second-order valence-corrected chi connectivity index (χ2v) is 3.21. The molecular formula is C7H6BrNO3. The monoisotopic (exact) mass is 231 g/mol. The topological polar surface area (TPSA) is 59.3 Å². The zero-order valence-corrected chi connectivity index (χ0v) is 7.83. The number of aromatic carboxylic acids is 1. The molecule has 0 radical (unpaired) electrons. The fourth-order valence-electron chi connectivity index (χ4n) is 0.824. The third kappa shape index (κ3) is 1.55. The van der Waals surface area contributed by atoms with E-state index in [4.69, 9.17) is 5.11 Å². The highest BCUT2D eigenvalue weighted by molar-refractivity contribution is 9.10. The summed E-state index contributed by atoms with van der Waals surface area (Å²) in [4.78, 5) is 21.6. The molecule has 4 nitrogen and oxygen atoms in total. The SMILES string of the molecule is Cn1cc(Br)cc(C(=O)O)c1=O. The third-order valence-electron chi connectivity index (χ3n) is 1.38. The Morgan fingerprint density at radius 3 is 2.75 bits per heavy atom. The van der Waals surface area contributed by atoms with Gasteiger partial charge in [0.2, 0.25) is 0 Å². The van der Waals surface area contributed by atoms with Crippen molar-refractivity contribution in [2.75, 3.05) is 0 Å². The summed E-state index contributed by atoms with van der Waals surface area (Å²) in [7, 11) is 1.50. The Bertz CT molecular complexity index is 383. The summed E-state index contributed by atoms with van der Waals surface area (Å²) in [6.45, 7) is 0. The largest absolute Gasteiger partial charge is 0.477 e. The van der Waals surface area contributed by atoms with E-state index in [9.17, 15) is 9.59 Å². The summed E-state index contributed by atoms with van der Waals surface area (Å²) in [6, 6.07) is 1.28. The molecule has 0 unspecified atom stereocenters. The Hall–Kier alpha value is -1.10. The highest BCUT2D eigenvalue weighted by Crippen LogP contribution is 2.07. The standard InChI is InChI=1S/C7H6BrNO3/c1-9-3-4(8)2-5(6(9)10)7(11)12/h2-3H,1H3,(H,11,12). The van der Waals surface area contributed by atoms with Crippen molar-refractivity contribution in [3.63, 3.8) is 0 Å². The maximum atomic E-state index is 11.1. The summed E-state index contributed by atoms with van der Waals surface area (Å²) in [6.07, 6.45) is 1.51. The maximum Gasteiger partial charge on any atom is 0.341 e. The van der Waals surface area contributed by atoms with Crippen LogP contribution in [0.5, 0.6) is 0 Å². The molecule has 0 saturated carbocycles. The predicted molar refractivity (Wildman–Crippen MR) is 46.3 cm³/mol. The number of nitrogens with zero attached hydrogens (tertiary/aromatic N) is 1. The average molecular weight is 232 g/mol. The molecule has 1 aromatic rings. The van der Waals surface area contributed by atoms with E-state index in [1.165, 1.54) is 23.9 Å². The van der Waals surface area contributed by atoms with Crippen LogP contribution in [0.4, 0.5) is 0 Å². The van der Waals surface area contributed by atoms with Crippen molar-refractivity contribution in [1.29, 1.82) is 0 Å². The van der Waals surface area contributed by atoms with E-state index in [0.29, 0.717) is 4.47 Å². The Morgan fingerprint density at radius 2 is 2.25 bits per heavy atom. The first kappa shape index (κ1) is 8.99. The van der Waals surface area contributed by atoms with Gasteiger partial charge in [0.05, 0.1) is 0 Å². The van der Waals surface area contributed by atoms with Crippen LogP contribution in [0, 0.1) is 0 Å². The molecule has 5 heteroatoms. The molecule has 0 aliphatic rings. The van der Waals surface area contributed by atoms with E-state index in [1.54, 1.807) is 0 Å². The molecule has 1 aromatic heterocycles. The molecular weight excluding hydrogens is 226 g/mol. The summed E-state index contributed by atoms with van der Waals surface area (Å²) in [5, 5.41) is 8.58. The van der Waals surface area contributed by atoms with Crippen molar-refractivity contribution in [2.45, 2.75) is 0 Å². The first-order valence-corrected chi connectivity index (χ1v) is 3.91. The van der Waals surface area contributed by atoms with Gasteiger partial charge in [0.15, 0.2) is 0 Å². The lowest BCUT2D eigenvalue weighted by molar-refractivity contribution is 0.0694. The summed E-state index contributed by atoms with van der Waals surface area (Å²) < 4.78 is 1.79. The second kappa shape index (κ2) is 3.10. The first-order chi connectivity index (χ1) is 5.52. The molecule has 1 rings (SSSR count). The summed E-state index contributed by atoms with van der Waals surface area (Å²) >= 11 is 3.09. The van der Waals surface area contributed by atoms with Crippen LogP contribution in [0.15, 0.2) is 21.5 Å². The number of hydrogen-bond acceptors (Lipinski definition) is 2. The van der Waals surface area contributed by atoms with Crippen LogP contribution in [0.2, 0.25) is 0 Å². The lowest BCUT2D eigenvalue weighted by Crippen LogP contribution is -2.23. The van der Waals surface area contributed by atoms with Gasteiger partial charge in [-0.05, 0) is 22.0 Å². The molecule has 12 heavy (non-hydrogen) atoms. The van der Waals surface area contributed by atoms with Crippen molar-refractivity contribution in [3.8, 4) is 0 Å². The molecule has 64 valence electrons. The van der Waals surface area contributed by atoms with Gasteiger partial charge in [0, 0.05) is 17.7 Å². The van der Waals surface area contributed by atoms with E-state index < -0.39 is 11.5 Å². The van der Waals surface area contributed by atoms with Crippen LogP contribution in [0.3, 0.4) is 0 Å². The van der Waals surface area contributed by atoms with Gasteiger partial charge in [0.25, 0.3) is 5.56 Å². The number of hydrogen-bond donors (Lipinski definition) is 1. The lowest BCUT2D eigenvalue weighted by atomic mass is 10.3. The molecule has 0 aliphatic heterocycles. The minimum atomic E-state index is -1.21. The Morgan fingerprint density at radius 1 is 1.67 bits per heavy atom. The molecule has 1 heterocycles. The molecule has 0 aromatic carbocycles. The van der Waals surface area contributed by atoms with Crippen LogP contribution in [-0.4, -0.2) is 15.6 Å². The van der Waals surface area contributed by atoms with Gasteiger partial charge in [-0.3, -0.25) is 4.79 Å². The Balaban J connectivity index is 3.49. The Labute approximate surface area is 76.6 Å². The summed E-state index contributed by atoms with van der Waals surface area (Å²) in [5.74, 6) is -1.21. The number of carboxylic acids is 1. The number of rotatable bonds is 1.